The van der Waals surface area contributed by atoms with Gasteiger partial charge in [-0.3, -0.25) is 4.79 Å². The predicted octanol–water partition coefficient (Wildman–Crippen LogP) is 1.32. The van der Waals surface area contributed by atoms with Crippen LogP contribution in [0.2, 0.25) is 0 Å². The molecule has 0 radical (unpaired) electrons. The second kappa shape index (κ2) is 11.0. The summed E-state index contributed by atoms with van der Waals surface area (Å²) in [6.07, 6.45) is 5.64. The first kappa shape index (κ1) is 25.6. The zero-order valence-corrected chi connectivity index (χ0v) is 20.7. The first-order valence-corrected chi connectivity index (χ1v) is 13.3. The number of carbonyl (C=O) groups is 1. The molecule has 1 fully saturated rings. The Morgan fingerprint density at radius 1 is 1.19 bits per heavy atom. The van der Waals surface area contributed by atoms with Gasteiger partial charge in [-0.1, -0.05) is 6.07 Å². The number of nitrogens with zero attached hydrogens (tertiary/aromatic N) is 6. The van der Waals surface area contributed by atoms with E-state index in [2.05, 4.69) is 35.4 Å². The topological polar surface area (TPSA) is 154 Å². The molecule has 0 saturated heterocycles. The van der Waals surface area contributed by atoms with Crippen LogP contribution in [0.1, 0.15) is 41.7 Å². The number of rotatable bonds is 9. The third-order valence-electron chi connectivity index (χ3n) is 5.90. The monoisotopic (exact) mass is 518 g/mol. The molecule has 2 heterocycles. The van der Waals surface area contributed by atoms with Crippen LogP contribution in [-0.4, -0.2) is 63.9 Å². The lowest BCUT2D eigenvalue weighted by Crippen LogP contribution is -2.37. The fraction of sp³-hybridized carbons (Fsp3) is 0.455. The molecule has 0 bridgehead atoms. The highest BCUT2D eigenvalue weighted by molar-refractivity contribution is 7.88. The van der Waals surface area contributed by atoms with Crippen LogP contribution in [0.4, 0.5) is 4.39 Å². The maximum atomic E-state index is 13.6. The predicted molar refractivity (Wildman–Crippen MR) is 127 cm³/mol. The Morgan fingerprint density at radius 3 is 2.69 bits per heavy atom. The number of benzene rings is 1. The summed E-state index contributed by atoms with van der Waals surface area (Å²) in [6.45, 7) is 0.712. The van der Waals surface area contributed by atoms with Gasteiger partial charge < -0.3 is 10.1 Å². The van der Waals surface area contributed by atoms with Gasteiger partial charge in [0.15, 0.2) is 11.6 Å². The van der Waals surface area contributed by atoms with E-state index in [0.717, 1.165) is 25.7 Å². The second-order valence-electron chi connectivity index (χ2n) is 8.72. The zero-order valence-electron chi connectivity index (χ0n) is 19.9. The molecule has 1 saturated carbocycles. The molecule has 2 aromatic heterocycles. The number of aromatic nitrogens is 6. The normalized spacial score (nSPS) is 18.1. The zero-order chi connectivity index (χ0) is 25.7. The van der Waals surface area contributed by atoms with Crippen LogP contribution in [0, 0.1) is 11.7 Å². The fourth-order valence-electron chi connectivity index (χ4n) is 4.11. The van der Waals surface area contributed by atoms with Crippen molar-refractivity contribution in [3.05, 3.63) is 47.7 Å². The molecule has 1 aliphatic rings. The third kappa shape index (κ3) is 6.79. The van der Waals surface area contributed by atoms with Crippen molar-refractivity contribution in [3.8, 4) is 17.3 Å². The van der Waals surface area contributed by atoms with E-state index in [1.807, 2.05) is 0 Å². The van der Waals surface area contributed by atoms with Gasteiger partial charge in [0.2, 0.25) is 15.8 Å². The average Bonchev–Trinajstić information content (AvgIpc) is 3.32. The van der Waals surface area contributed by atoms with Gasteiger partial charge in [0.25, 0.3) is 5.91 Å². The molecular weight excluding hydrogens is 491 g/mol. The number of sulfonamides is 1. The van der Waals surface area contributed by atoms with Crippen molar-refractivity contribution in [2.45, 2.75) is 44.8 Å². The summed E-state index contributed by atoms with van der Waals surface area (Å²) in [7, 11) is -1.84. The van der Waals surface area contributed by atoms with Gasteiger partial charge >= 0.3 is 0 Å². The third-order valence-corrected chi connectivity index (χ3v) is 6.66. The molecule has 12 nitrogen and oxygen atoms in total. The highest BCUT2D eigenvalue weighted by atomic mass is 32.2. The summed E-state index contributed by atoms with van der Waals surface area (Å²) in [4.78, 5) is 22.3. The van der Waals surface area contributed by atoms with Crippen molar-refractivity contribution in [2.75, 3.05) is 13.4 Å². The Labute approximate surface area is 207 Å². The van der Waals surface area contributed by atoms with Crippen molar-refractivity contribution >= 4 is 15.9 Å². The molecule has 0 unspecified atom stereocenters. The fourth-order valence-corrected chi connectivity index (χ4v) is 4.95. The van der Waals surface area contributed by atoms with Gasteiger partial charge in [-0.2, -0.15) is 4.80 Å². The Hall–Kier alpha value is -3.52. The van der Waals surface area contributed by atoms with Gasteiger partial charge in [-0.05, 0) is 60.6 Å². The largest absolute Gasteiger partial charge is 0.494 e. The number of nitrogens with one attached hydrogen (secondary N) is 2. The van der Waals surface area contributed by atoms with Gasteiger partial charge in [0, 0.05) is 12.6 Å². The minimum absolute atomic E-state index is 0.0359. The SMILES string of the molecule is COc1cc(CNC(=O)c2cc(-c3nnn(CC4CCC(NS(C)(=O)=O)CC4)n3)ncn2)ccc1F. The molecule has 3 aromatic rings. The smallest absolute Gasteiger partial charge is 0.270 e. The molecule has 1 aliphatic carbocycles. The lowest BCUT2D eigenvalue weighted by Gasteiger charge is -2.27. The number of carbonyl (C=O) groups excluding carboxylic acids is 1. The average molecular weight is 519 g/mol. The Bertz CT molecular complexity index is 1330. The van der Waals surface area contributed by atoms with E-state index in [1.54, 1.807) is 6.07 Å². The first-order valence-electron chi connectivity index (χ1n) is 11.4. The molecule has 0 atom stereocenters. The molecule has 14 heteroatoms. The molecular formula is C22H27FN8O4S. The van der Waals surface area contributed by atoms with E-state index < -0.39 is 21.7 Å². The van der Waals surface area contributed by atoms with Crippen LogP contribution in [0.15, 0.2) is 30.6 Å². The number of methoxy groups -OCH3 is 1. The maximum Gasteiger partial charge on any atom is 0.270 e. The van der Waals surface area contributed by atoms with Crippen LogP contribution in [0.3, 0.4) is 0 Å². The van der Waals surface area contributed by atoms with Crippen molar-refractivity contribution in [3.63, 3.8) is 0 Å². The summed E-state index contributed by atoms with van der Waals surface area (Å²) in [5.74, 6) is -0.249. The lowest BCUT2D eigenvalue weighted by atomic mass is 9.86. The van der Waals surface area contributed by atoms with Crippen LogP contribution < -0.4 is 14.8 Å². The minimum Gasteiger partial charge on any atom is -0.494 e. The minimum atomic E-state index is -3.21. The van der Waals surface area contributed by atoms with Crippen molar-refractivity contribution in [2.24, 2.45) is 5.92 Å². The van der Waals surface area contributed by atoms with Crippen LogP contribution in [0.25, 0.3) is 11.5 Å². The first-order chi connectivity index (χ1) is 17.2. The molecule has 1 amide bonds. The van der Waals surface area contributed by atoms with E-state index >= 15 is 0 Å². The molecule has 36 heavy (non-hydrogen) atoms. The highest BCUT2D eigenvalue weighted by Crippen LogP contribution is 2.26. The molecule has 0 aliphatic heterocycles. The van der Waals surface area contributed by atoms with E-state index in [1.165, 1.54) is 42.7 Å². The maximum absolute atomic E-state index is 13.6. The number of hydrogen-bond donors (Lipinski definition) is 2. The Morgan fingerprint density at radius 2 is 1.97 bits per heavy atom. The van der Waals surface area contributed by atoms with Crippen molar-refractivity contribution < 1.29 is 22.3 Å². The molecule has 1 aromatic carbocycles. The number of ether oxygens (including phenoxy) is 1. The van der Waals surface area contributed by atoms with E-state index in [9.17, 15) is 17.6 Å². The standard InChI is InChI=1S/C22H27FN8O4S/c1-35-20-9-15(5-8-17(20)23)11-24-22(32)19-10-18(25-13-26-19)21-27-30-31(28-21)12-14-3-6-16(7-4-14)29-36(2,33)34/h5,8-10,13-14,16,29H,3-4,6-7,11-12H2,1-2H3,(H,24,32). The van der Waals surface area contributed by atoms with Crippen LogP contribution in [0.5, 0.6) is 5.75 Å². The van der Waals surface area contributed by atoms with Crippen LogP contribution >= 0.6 is 0 Å². The van der Waals surface area contributed by atoms with Gasteiger partial charge in [0.05, 0.1) is 19.9 Å². The number of amides is 1. The molecule has 192 valence electrons. The summed E-state index contributed by atoms with van der Waals surface area (Å²) in [5.41, 5.74) is 1.15. The quantitative estimate of drug-likeness (QED) is 0.427. The van der Waals surface area contributed by atoms with Gasteiger partial charge in [0.1, 0.15) is 17.7 Å². The summed E-state index contributed by atoms with van der Waals surface area (Å²) in [6, 6.07) is 5.78. The second-order valence-corrected chi connectivity index (χ2v) is 10.5. The molecule has 4 rings (SSSR count). The van der Waals surface area contributed by atoms with E-state index in [-0.39, 0.29) is 29.9 Å². The molecule has 2 N–H and O–H groups in total. The van der Waals surface area contributed by atoms with Crippen molar-refractivity contribution in [1.29, 1.82) is 0 Å². The molecule has 0 spiro atoms. The summed E-state index contributed by atoms with van der Waals surface area (Å²) in [5, 5.41) is 15.3. The lowest BCUT2D eigenvalue weighted by molar-refractivity contribution is 0.0945. The van der Waals surface area contributed by atoms with Gasteiger partial charge in [-0.25, -0.2) is 27.5 Å². The number of halogens is 1. The Kier molecular flexibility index (Phi) is 7.84. The van der Waals surface area contributed by atoms with Gasteiger partial charge in [-0.15, -0.1) is 10.2 Å². The highest BCUT2D eigenvalue weighted by Gasteiger charge is 2.24. The number of hydrogen-bond acceptors (Lipinski definition) is 9. The summed E-state index contributed by atoms with van der Waals surface area (Å²) < 4.78 is 44.0. The van der Waals surface area contributed by atoms with E-state index in [0.29, 0.717) is 23.7 Å². The number of tetrazole rings is 1. The summed E-state index contributed by atoms with van der Waals surface area (Å²) >= 11 is 0. The van der Waals surface area contributed by atoms with Crippen LogP contribution in [-0.2, 0) is 23.1 Å². The van der Waals surface area contributed by atoms with Crippen molar-refractivity contribution in [1.82, 2.24) is 40.2 Å². The van der Waals surface area contributed by atoms with E-state index in [4.69, 9.17) is 4.74 Å². The Balaban J connectivity index is 1.34.